The number of carbonyl (C=O) groups is 1. The van der Waals surface area contributed by atoms with Gasteiger partial charge in [0.25, 0.3) is 0 Å². The summed E-state index contributed by atoms with van der Waals surface area (Å²) < 4.78 is 13.0. The highest BCUT2D eigenvalue weighted by molar-refractivity contribution is 7.99. The molecule has 3 aromatic rings. The molecule has 0 spiro atoms. The third kappa shape index (κ3) is 3.91. The van der Waals surface area contributed by atoms with Gasteiger partial charge >= 0.3 is 0 Å². The van der Waals surface area contributed by atoms with Crippen molar-refractivity contribution in [2.45, 2.75) is 57.8 Å². The number of fused-ring (bicyclic) bond motifs is 2. The molecule has 180 valence electrons. The van der Waals surface area contributed by atoms with E-state index in [0.29, 0.717) is 29.2 Å². The van der Waals surface area contributed by atoms with E-state index < -0.39 is 0 Å². The molecule has 8 heteroatoms. The van der Waals surface area contributed by atoms with Crippen molar-refractivity contribution < 1.29 is 13.9 Å². The largest absolute Gasteiger partial charge is 0.497 e. The van der Waals surface area contributed by atoms with E-state index in [0.717, 1.165) is 23.5 Å². The first-order valence-corrected chi connectivity index (χ1v) is 12.8. The van der Waals surface area contributed by atoms with E-state index in [1.807, 2.05) is 41.0 Å². The summed E-state index contributed by atoms with van der Waals surface area (Å²) in [4.78, 5) is 13.0. The Morgan fingerprint density at radius 3 is 2.79 bits per heavy atom. The van der Waals surface area contributed by atoms with Crippen LogP contribution in [-0.2, 0) is 11.3 Å². The first-order valence-electron chi connectivity index (χ1n) is 11.8. The molecule has 0 radical (unpaired) electrons. The molecule has 1 N–H and O–H groups in total. The molecule has 2 aliphatic rings. The number of hydrogen-bond acceptors (Lipinski definition) is 6. The topological polar surface area (TPSA) is 82.2 Å². The van der Waals surface area contributed by atoms with Gasteiger partial charge in [0.05, 0.1) is 25.7 Å². The van der Waals surface area contributed by atoms with Crippen molar-refractivity contribution in [3.63, 3.8) is 0 Å². The Bertz CT molecular complexity index is 1170. The van der Waals surface area contributed by atoms with E-state index >= 15 is 0 Å². The van der Waals surface area contributed by atoms with Gasteiger partial charge in [-0.3, -0.25) is 9.36 Å². The molecular formula is C26H32N4O3S. The molecule has 0 unspecified atom stereocenters. The smallest absolute Gasteiger partial charge is 0.230 e. The van der Waals surface area contributed by atoms with Crippen LogP contribution in [0.25, 0.3) is 11.4 Å². The summed E-state index contributed by atoms with van der Waals surface area (Å²) in [7, 11) is 1.64. The van der Waals surface area contributed by atoms with Gasteiger partial charge in [-0.05, 0) is 60.3 Å². The molecule has 0 aliphatic heterocycles. The fourth-order valence-electron chi connectivity index (χ4n) is 5.86. The van der Waals surface area contributed by atoms with Gasteiger partial charge in [0, 0.05) is 11.6 Å². The van der Waals surface area contributed by atoms with Gasteiger partial charge in [0.15, 0.2) is 11.0 Å². The number of thioether (sulfide) groups is 1. The Hall–Kier alpha value is -2.74. The number of aromatic nitrogens is 3. The second-order valence-corrected chi connectivity index (χ2v) is 11.2. The van der Waals surface area contributed by atoms with Gasteiger partial charge in [-0.25, -0.2) is 0 Å². The number of amides is 1. The normalized spacial score (nSPS) is 24.9. The maximum Gasteiger partial charge on any atom is 0.230 e. The standard InChI is InChI=1S/C26H32N4O3S/c1-25(2)18-10-11-26(25,3)21(14-18)27-22(31)16-34-24-29-28-23(17-7-5-8-19(13-17)32-4)30(24)15-20-9-6-12-33-20/h5-9,12-13,18,21H,10-11,14-16H2,1-4H3,(H,27,31)/t18-,21+,26-/m1/s1. The fraction of sp³-hybridized carbons (Fsp3) is 0.500. The van der Waals surface area contributed by atoms with Crippen LogP contribution in [0.3, 0.4) is 0 Å². The molecule has 2 aliphatic carbocycles. The molecule has 2 saturated carbocycles. The predicted molar refractivity (Wildman–Crippen MR) is 132 cm³/mol. The van der Waals surface area contributed by atoms with Crippen molar-refractivity contribution in [2.24, 2.45) is 16.7 Å². The molecule has 5 rings (SSSR count). The average Bonchev–Trinajstić information content (AvgIpc) is 3.57. The zero-order valence-electron chi connectivity index (χ0n) is 20.2. The average molecular weight is 481 g/mol. The highest BCUT2D eigenvalue weighted by atomic mass is 32.2. The molecule has 1 amide bonds. The summed E-state index contributed by atoms with van der Waals surface area (Å²) in [6.07, 6.45) is 5.19. The Morgan fingerprint density at radius 1 is 1.26 bits per heavy atom. The van der Waals surface area contributed by atoms with Crippen LogP contribution < -0.4 is 10.1 Å². The summed E-state index contributed by atoms with van der Waals surface area (Å²) in [6.45, 7) is 7.55. The maximum atomic E-state index is 13.0. The van der Waals surface area contributed by atoms with Crippen LogP contribution in [0.15, 0.2) is 52.2 Å². The third-order valence-corrected chi connectivity index (χ3v) is 9.37. The van der Waals surface area contributed by atoms with Crippen LogP contribution in [0.2, 0.25) is 0 Å². The Balaban J connectivity index is 1.32. The fourth-order valence-corrected chi connectivity index (χ4v) is 6.61. The van der Waals surface area contributed by atoms with Crippen LogP contribution in [0, 0.1) is 16.7 Å². The minimum Gasteiger partial charge on any atom is -0.497 e. The summed E-state index contributed by atoms with van der Waals surface area (Å²) in [5, 5.41) is 12.9. The predicted octanol–water partition coefficient (Wildman–Crippen LogP) is 5.02. The minimum absolute atomic E-state index is 0.0510. The summed E-state index contributed by atoms with van der Waals surface area (Å²) in [6, 6.07) is 11.8. The lowest BCUT2D eigenvalue weighted by Crippen LogP contribution is -2.47. The number of methoxy groups -OCH3 is 1. The lowest BCUT2D eigenvalue weighted by molar-refractivity contribution is -0.120. The molecule has 3 atom stereocenters. The Morgan fingerprint density at radius 2 is 2.12 bits per heavy atom. The van der Waals surface area contributed by atoms with Crippen molar-refractivity contribution in [1.29, 1.82) is 0 Å². The number of carbonyl (C=O) groups excluding carboxylic acids is 1. The molecule has 7 nitrogen and oxygen atoms in total. The number of hydrogen-bond donors (Lipinski definition) is 1. The number of rotatable bonds is 8. The van der Waals surface area contributed by atoms with Gasteiger partial charge in [-0.2, -0.15) is 0 Å². The van der Waals surface area contributed by atoms with E-state index in [4.69, 9.17) is 9.15 Å². The van der Waals surface area contributed by atoms with Crippen LogP contribution >= 0.6 is 11.8 Å². The minimum atomic E-state index is 0.0510. The molecular weight excluding hydrogens is 448 g/mol. The highest BCUT2D eigenvalue weighted by Crippen LogP contribution is 2.65. The first-order chi connectivity index (χ1) is 16.3. The Labute approximate surface area is 204 Å². The lowest BCUT2D eigenvalue weighted by Gasteiger charge is -2.39. The number of ether oxygens (including phenoxy) is 1. The van der Waals surface area contributed by atoms with Gasteiger partial charge in [0.2, 0.25) is 5.91 Å². The maximum absolute atomic E-state index is 13.0. The molecule has 34 heavy (non-hydrogen) atoms. The van der Waals surface area contributed by atoms with Crippen molar-refractivity contribution in [3.8, 4) is 17.1 Å². The molecule has 2 aromatic heterocycles. The van der Waals surface area contributed by atoms with Crippen LogP contribution in [-0.4, -0.2) is 39.6 Å². The van der Waals surface area contributed by atoms with E-state index in [9.17, 15) is 4.79 Å². The zero-order chi connectivity index (χ0) is 23.9. The van der Waals surface area contributed by atoms with Gasteiger partial charge in [0.1, 0.15) is 11.5 Å². The SMILES string of the molecule is COc1cccc(-c2nnc(SCC(=O)N[C@H]3C[C@H]4CC[C@@]3(C)C4(C)C)n2Cc2ccco2)c1. The summed E-state index contributed by atoms with van der Waals surface area (Å²) in [5.41, 5.74) is 1.33. The lowest BCUT2D eigenvalue weighted by atomic mass is 9.69. The molecule has 2 heterocycles. The second-order valence-electron chi connectivity index (χ2n) is 10.2. The van der Waals surface area contributed by atoms with Gasteiger partial charge in [-0.1, -0.05) is 44.7 Å². The van der Waals surface area contributed by atoms with Gasteiger partial charge < -0.3 is 14.5 Å². The van der Waals surface area contributed by atoms with E-state index in [1.165, 1.54) is 24.6 Å². The van der Waals surface area contributed by atoms with Crippen molar-refractivity contribution >= 4 is 17.7 Å². The number of benzene rings is 1. The molecule has 0 saturated heterocycles. The summed E-state index contributed by atoms with van der Waals surface area (Å²) >= 11 is 1.41. The van der Waals surface area contributed by atoms with Crippen LogP contribution in [0.5, 0.6) is 5.75 Å². The van der Waals surface area contributed by atoms with Crippen LogP contribution in [0.4, 0.5) is 0 Å². The quantitative estimate of drug-likeness (QED) is 0.456. The van der Waals surface area contributed by atoms with Crippen molar-refractivity contribution in [2.75, 3.05) is 12.9 Å². The van der Waals surface area contributed by atoms with Crippen molar-refractivity contribution in [3.05, 3.63) is 48.4 Å². The molecule has 2 bridgehead atoms. The molecule has 1 aromatic carbocycles. The second kappa shape index (κ2) is 8.80. The number of nitrogens with one attached hydrogen (secondary N) is 1. The van der Waals surface area contributed by atoms with Gasteiger partial charge in [-0.15, -0.1) is 10.2 Å². The molecule has 2 fully saturated rings. The van der Waals surface area contributed by atoms with Crippen molar-refractivity contribution in [1.82, 2.24) is 20.1 Å². The van der Waals surface area contributed by atoms with E-state index in [-0.39, 0.29) is 22.8 Å². The monoisotopic (exact) mass is 480 g/mol. The summed E-state index contributed by atoms with van der Waals surface area (Å²) in [5.74, 6) is 3.30. The van der Waals surface area contributed by atoms with E-state index in [2.05, 4.69) is 36.3 Å². The first kappa shape index (κ1) is 23.0. The number of furan rings is 1. The highest BCUT2D eigenvalue weighted by Gasteiger charge is 2.61. The third-order valence-electron chi connectivity index (χ3n) is 8.40. The number of nitrogens with zero attached hydrogens (tertiary/aromatic N) is 3. The zero-order valence-corrected chi connectivity index (χ0v) is 21.0. The Kier molecular flexibility index (Phi) is 5.96. The van der Waals surface area contributed by atoms with Crippen LogP contribution in [0.1, 0.15) is 45.8 Å². The van der Waals surface area contributed by atoms with E-state index in [1.54, 1.807) is 13.4 Å².